The van der Waals surface area contributed by atoms with Gasteiger partial charge in [0, 0.05) is 37.0 Å². The Morgan fingerprint density at radius 1 is 1.28 bits per heavy atom. The minimum atomic E-state index is -0.393. The molecular formula is C20H36N4O4S. The molecule has 166 valence electrons. The van der Waals surface area contributed by atoms with E-state index in [0.29, 0.717) is 38.3 Å². The quantitative estimate of drug-likeness (QED) is 0.595. The maximum Gasteiger partial charge on any atom is 0.308 e. The predicted octanol–water partition coefficient (Wildman–Crippen LogP) is 3.74. The maximum absolute atomic E-state index is 11.9. The second-order valence-corrected chi connectivity index (χ2v) is 9.53. The van der Waals surface area contributed by atoms with Gasteiger partial charge in [-0.1, -0.05) is 6.92 Å². The van der Waals surface area contributed by atoms with E-state index >= 15 is 0 Å². The molecule has 0 bridgehead atoms. The standard InChI is InChI=1S/C20H36N4O4S/c1-8-23(11-10-14(3)18(25)27-9-2)16-17(22-29-21-16)28-15-12-19(4,5)24(26)20(6,7)13-15/h14-15,26H,8-13H2,1-7H3. The van der Waals surface area contributed by atoms with E-state index in [2.05, 4.69) is 20.6 Å². The van der Waals surface area contributed by atoms with Crippen molar-refractivity contribution in [1.82, 2.24) is 13.8 Å². The Balaban J connectivity index is 2.06. The zero-order chi connectivity index (χ0) is 21.8. The predicted molar refractivity (Wildman–Crippen MR) is 114 cm³/mol. The van der Waals surface area contributed by atoms with Gasteiger partial charge in [0.1, 0.15) is 6.10 Å². The zero-order valence-electron chi connectivity index (χ0n) is 18.8. The highest BCUT2D eigenvalue weighted by Crippen LogP contribution is 2.39. The third-order valence-corrected chi connectivity index (χ3v) is 6.03. The number of piperidine rings is 1. The third kappa shape index (κ3) is 5.79. The van der Waals surface area contributed by atoms with Gasteiger partial charge in [-0.25, -0.2) is 0 Å². The second-order valence-electron chi connectivity index (χ2n) is 9.00. The van der Waals surface area contributed by atoms with Gasteiger partial charge >= 0.3 is 5.97 Å². The molecule has 0 aliphatic carbocycles. The van der Waals surface area contributed by atoms with E-state index in [4.69, 9.17) is 9.47 Å². The Hall–Kier alpha value is -1.45. The van der Waals surface area contributed by atoms with Gasteiger partial charge in [0.25, 0.3) is 5.88 Å². The van der Waals surface area contributed by atoms with Gasteiger partial charge in [0.05, 0.1) is 24.3 Å². The van der Waals surface area contributed by atoms with Crippen molar-refractivity contribution in [2.45, 2.75) is 84.9 Å². The van der Waals surface area contributed by atoms with Crippen molar-refractivity contribution >= 4 is 23.5 Å². The Morgan fingerprint density at radius 3 is 2.45 bits per heavy atom. The monoisotopic (exact) mass is 428 g/mol. The summed E-state index contributed by atoms with van der Waals surface area (Å²) in [5.74, 6) is 0.909. The normalized spacial score (nSPS) is 20.3. The zero-order valence-corrected chi connectivity index (χ0v) is 19.6. The highest BCUT2D eigenvalue weighted by Gasteiger charge is 2.46. The third-order valence-electron chi connectivity index (χ3n) is 5.52. The molecule has 0 radical (unpaired) electrons. The van der Waals surface area contributed by atoms with Gasteiger partial charge in [-0.2, -0.15) is 9.44 Å². The first-order chi connectivity index (χ1) is 13.5. The number of carbonyl (C=O) groups excluding carboxylic acids is 1. The summed E-state index contributed by atoms with van der Waals surface area (Å²) in [5.41, 5.74) is -0.787. The first kappa shape index (κ1) is 23.8. The van der Waals surface area contributed by atoms with E-state index in [-0.39, 0.29) is 18.0 Å². The SMILES string of the molecule is CCOC(=O)C(C)CCN(CC)c1nsnc1OC1CC(C)(C)N(O)C(C)(C)C1. The first-order valence-electron chi connectivity index (χ1n) is 10.4. The number of rotatable bonds is 9. The van der Waals surface area contributed by atoms with Crippen molar-refractivity contribution in [2.75, 3.05) is 24.6 Å². The summed E-state index contributed by atoms with van der Waals surface area (Å²) in [6.45, 7) is 15.6. The molecule has 1 aromatic heterocycles. The molecule has 1 N–H and O–H groups in total. The van der Waals surface area contributed by atoms with Crippen molar-refractivity contribution in [2.24, 2.45) is 5.92 Å². The van der Waals surface area contributed by atoms with Gasteiger partial charge in [-0.05, 0) is 48.0 Å². The molecule has 1 atom stereocenters. The van der Waals surface area contributed by atoms with Crippen LogP contribution in [0, 0.1) is 5.92 Å². The van der Waals surface area contributed by atoms with Crippen LogP contribution in [0.3, 0.4) is 0 Å². The number of aromatic nitrogens is 2. The van der Waals surface area contributed by atoms with E-state index in [1.165, 1.54) is 5.06 Å². The number of esters is 1. The summed E-state index contributed by atoms with van der Waals surface area (Å²) in [5, 5.41) is 11.9. The van der Waals surface area contributed by atoms with E-state index in [0.717, 1.165) is 24.1 Å². The summed E-state index contributed by atoms with van der Waals surface area (Å²) < 4.78 is 20.2. The van der Waals surface area contributed by atoms with E-state index in [1.807, 2.05) is 41.5 Å². The van der Waals surface area contributed by atoms with Crippen molar-refractivity contribution in [3.8, 4) is 5.88 Å². The molecule has 1 saturated heterocycles. The average Bonchev–Trinajstić information content (AvgIpc) is 3.07. The molecule has 0 aromatic carbocycles. The number of carbonyl (C=O) groups is 1. The van der Waals surface area contributed by atoms with E-state index < -0.39 is 11.1 Å². The van der Waals surface area contributed by atoms with Gasteiger partial charge in [0.2, 0.25) is 5.82 Å². The van der Waals surface area contributed by atoms with Crippen molar-refractivity contribution in [1.29, 1.82) is 0 Å². The lowest BCUT2D eigenvalue weighted by Gasteiger charge is -2.50. The van der Waals surface area contributed by atoms with Crippen molar-refractivity contribution in [3.05, 3.63) is 0 Å². The highest BCUT2D eigenvalue weighted by molar-refractivity contribution is 6.99. The smallest absolute Gasteiger partial charge is 0.308 e. The fraction of sp³-hybridized carbons (Fsp3) is 0.850. The van der Waals surface area contributed by atoms with Gasteiger partial charge in [0.15, 0.2) is 0 Å². The molecule has 2 rings (SSSR count). The van der Waals surface area contributed by atoms with E-state index in [9.17, 15) is 10.0 Å². The Kier molecular flexibility index (Phi) is 7.86. The summed E-state index contributed by atoms with van der Waals surface area (Å²) in [7, 11) is 0. The second kappa shape index (κ2) is 9.57. The maximum atomic E-state index is 11.9. The highest BCUT2D eigenvalue weighted by atomic mass is 32.1. The van der Waals surface area contributed by atoms with E-state index in [1.54, 1.807) is 0 Å². The first-order valence-corrected chi connectivity index (χ1v) is 11.1. The number of hydroxylamine groups is 2. The summed E-state index contributed by atoms with van der Waals surface area (Å²) in [4.78, 5) is 14.0. The molecule has 29 heavy (non-hydrogen) atoms. The molecule has 9 heteroatoms. The lowest BCUT2D eigenvalue weighted by atomic mass is 9.80. The molecule has 0 saturated carbocycles. The van der Waals surface area contributed by atoms with Crippen LogP contribution in [0.2, 0.25) is 0 Å². The van der Waals surface area contributed by atoms with Crippen LogP contribution in [0.1, 0.15) is 67.7 Å². The summed E-state index contributed by atoms with van der Waals surface area (Å²) in [6, 6.07) is 0. The van der Waals surface area contributed by atoms with Crippen LogP contribution >= 0.6 is 11.7 Å². The number of hydrogen-bond donors (Lipinski definition) is 1. The fourth-order valence-electron chi connectivity index (χ4n) is 4.03. The Labute approximate surface area is 178 Å². The average molecular weight is 429 g/mol. The van der Waals surface area contributed by atoms with Crippen LogP contribution in [-0.2, 0) is 9.53 Å². The number of ether oxygens (including phenoxy) is 2. The fourth-order valence-corrected chi connectivity index (χ4v) is 4.54. The topological polar surface area (TPSA) is 88.0 Å². The van der Waals surface area contributed by atoms with Crippen LogP contribution < -0.4 is 9.64 Å². The van der Waals surface area contributed by atoms with Crippen LogP contribution in [-0.4, -0.2) is 61.9 Å². The van der Waals surface area contributed by atoms with Crippen LogP contribution in [0.15, 0.2) is 0 Å². The van der Waals surface area contributed by atoms with Crippen molar-refractivity contribution in [3.63, 3.8) is 0 Å². The molecule has 8 nitrogen and oxygen atoms in total. The molecule has 2 heterocycles. The van der Waals surface area contributed by atoms with Crippen molar-refractivity contribution < 1.29 is 19.5 Å². The lowest BCUT2D eigenvalue weighted by molar-refractivity contribution is -0.255. The minimum Gasteiger partial charge on any atom is -0.471 e. The lowest BCUT2D eigenvalue weighted by Crippen LogP contribution is -2.61. The van der Waals surface area contributed by atoms with Gasteiger partial charge < -0.3 is 19.6 Å². The molecule has 1 fully saturated rings. The van der Waals surface area contributed by atoms with Crippen LogP contribution in [0.4, 0.5) is 5.82 Å². The number of hydrogen-bond acceptors (Lipinski definition) is 9. The molecule has 1 aliphatic heterocycles. The number of anilines is 1. The summed E-state index contributed by atoms with van der Waals surface area (Å²) >= 11 is 1.13. The molecule has 0 spiro atoms. The van der Waals surface area contributed by atoms with Gasteiger partial charge in [-0.3, -0.25) is 4.79 Å². The largest absolute Gasteiger partial charge is 0.471 e. The molecule has 1 aliphatic rings. The molecule has 0 amide bonds. The Morgan fingerprint density at radius 2 is 1.90 bits per heavy atom. The molecule has 1 unspecified atom stereocenters. The summed E-state index contributed by atoms with van der Waals surface area (Å²) in [6.07, 6.45) is 1.99. The Bertz CT molecular complexity index is 661. The molecule has 1 aromatic rings. The minimum absolute atomic E-state index is 0.0665. The number of nitrogens with zero attached hydrogens (tertiary/aromatic N) is 4. The van der Waals surface area contributed by atoms with Crippen LogP contribution in [0.25, 0.3) is 0 Å². The van der Waals surface area contributed by atoms with Gasteiger partial charge in [-0.15, -0.1) is 4.37 Å². The molecular weight excluding hydrogens is 392 g/mol. The van der Waals surface area contributed by atoms with Crippen LogP contribution in [0.5, 0.6) is 5.88 Å².